The number of pyridine rings is 1. The largest absolute Gasteiger partial charge is 0.478 e. The van der Waals surface area contributed by atoms with Crippen LogP contribution in [0.4, 0.5) is 11.5 Å². The topological polar surface area (TPSA) is 131 Å². The minimum Gasteiger partial charge on any atom is -0.478 e. The van der Waals surface area contributed by atoms with Crippen LogP contribution in [0.3, 0.4) is 0 Å². The predicted molar refractivity (Wildman–Crippen MR) is 67.1 cm³/mol. The molecule has 0 saturated carbocycles. The Kier molecular flexibility index (Phi) is 3.75. The first-order valence-corrected chi connectivity index (χ1v) is 5.26. The lowest BCUT2D eigenvalue weighted by atomic mass is 10.0. The number of nitrogen functional groups attached to an aromatic ring is 1. The second-order valence-electron chi connectivity index (χ2n) is 4.61. The Balaban J connectivity index is 2.95. The van der Waals surface area contributed by atoms with E-state index in [1.165, 1.54) is 12.3 Å². The maximum Gasteiger partial charge on any atom is 0.337 e. The van der Waals surface area contributed by atoms with Crippen molar-refractivity contribution in [3.63, 3.8) is 0 Å². The molecule has 0 saturated heterocycles. The highest BCUT2D eigenvalue weighted by atomic mass is 16.4. The molecule has 1 heterocycles. The van der Waals surface area contributed by atoms with Gasteiger partial charge in [0.15, 0.2) is 0 Å². The summed E-state index contributed by atoms with van der Waals surface area (Å²) >= 11 is 0. The molecule has 0 aliphatic carbocycles. The average Bonchev–Trinajstić information content (AvgIpc) is 2.18. The van der Waals surface area contributed by atoms with Crippen LogP contribution in [0.1, 0.15) is 30.6 Å². The number of nitrogens with zero attached hydrogens (tertiary/aromatic N) is 1. The van der Waals surface area contributed by atoms with E-state index in [0.29, 0.717) is 5.82 Å². The highest BCUT2D eigenvalue weighted by Crippen LogP contribution is 2.20. The Morgan fingerprint density at radius 3 is 2.61 bits per heavy atom. The molecule has 0 aliphatic heterocycles. The number of aromatic carboxylic acids is 1. The lowest BCUT2D eigenvalue weighted by molar-refractivity contribution is -0.118. The standard InChI is InChI=1S/C11H16N4O3/c1-11(2,4-8(13)16)15-9-3-6(10(17)18)7(12)5-14-9/h3,5H,4,12H2,1-2H3,(H2,13,16)(H,14,15)(H,17,18). The Morgan fingerprint density at radius 2 is 2.11 bits per heavy atom. The van der Waals surface area contributed by atoms with Crippen molar-refractivity contribution in [2.24, 2.45) is 5.73 Å². The van der Waals surface area contributed by atoms with Gasteiger partial charge in [-0.25, -0.2) is 9.78 Å². The number of nitrogens with two attached hydrogens (primary N) is 2. The van der Waals surface area contributed by atoms with Crippen molar-refractivity contribution in [3.05, 3.63) is 17.8 Å². The molecule has 7 heteroatoms. The van der Waals surface area contributed by atoms with Gasteiger partial charge in [-0.3, -0.25) is 4.79 Å². The number of carboxylic acids is 1. The van der Waals surface area contributed by atoms with E-state index in [9.17, 15) is 9.59 Å². The highest BCUT2D eigenvalue weighted by molar-refractivity contribution is 5.94. The van der Waals surface area contributed by atoms with Gasteiger partial charge in [-0.15, -0.1) is 0 Å². The zero-order chi connectivity index (χ0) is 13.9. The van der Waals surface area contributed by atoms with Crippen LogP contribution in [-0.2, 0) is 4.79 Å². The van der Waals surface area contributed by atoms with Crippen molar-refractivity contribution in [2.45, 2.75) is 25.8 Å². The normalized spacial score (nSPS) is 11.0. The Bertz CT molecular complexity index is 485. The van der Waals surface area contributed by atoms with Gasteiger partial charge in [0, 0.05) is 12.0 Å². The molecule has 1 rings (SSSR count). The number of carbonyl (C=O) groups is 2. The number of hydrogen-bond acceptors (Lipinski definition) is 5. The van der Waals surface area contributed by atoms with Crippen LogP contribution in [0.15, 0.2) is 12.3 Å². The fourth-order valence-corrected chi connectivity index (χ4v) is 1.55. The van der Waals surface area contributed by atoms with Crippen LogP contribution in [-0.4, -0.2) is 27.5 Å². The first-order valence-electron chi connectivity index (χ1n) is 5.26. The van der Waals surface area contributed by atoms with E-state index in [0.717, 1.165) is 0 Å². The van der Waals surface area contributed by atoms with Crippen LogP contribution in [0.2, 0.25) is 0 Å². The molecule has 0 aromatic carbocycles. The van der Waals surface area contributed by atoms with Gasteiger partial charge in [-0.1, -0.05) is 0 Å². The summed E-state index contributed by atoms with van der Waals surface area (Å²) in [5.74, 6) is -1.26. The molecule has 1 aromatic rings. The molecule has 0 unspecified atom stereocenters. The van der Waals surface area contributed by atoms with Crippen molar-refractivity contribution in [1.82, 2.24) is 4.98 Å². The predicted octanol–water partition coefficient (Wildman–Crippen LogP) is 0.428. The van der Waals surface area contributed by atoms with Crippen LogP contribution in [0, 0.1) is 0 Å². The summed E-state index contributed by atoms with van der Waals surface area (Å²) in [7, 11) is 0. The number of carbonyl (C=O) groups excluding carboxylic acids is 1. The van der Waals surface area contributed by atoms with Gasteiger partial charge in [0.05, 0.1) is 17.4 Å². The minimum atomic E-state index is -1.13. The van der Waals surface area contributed by atoms with E-state index < -0.39 is 17.4 Å². The number of rotatable bonds is 5. The van der Waals surface area contributed by atoms with Crippen LogP contribution in [0.5, 0.6) is 0 Å². The summed E-state index contributed by atoms with van der Waals surface area (Å²) in [4.78, 5) is 25.8. The lowest BCUT2D eigenvalue weighted by Gasteiger charge is -2.25. The monoisotopic (exact) mass is 252 g/mol. The van der Waals surface area contributed by atoms with Gasteiger partial charge in [0.1, 0.15) is 5.82 Å². The number of anilines is 2. The highest BCUT2D eigenvalue weighted by Gasteiger charge is 2.21. The molecule has 0 aliphatic rings. The first-order chi connectivity index (χ1) is 8.21. The molecule has 7 nitrogen and oxygen atoms in total. The molecule has 0 radical (unpaired) electrons. The van der Waals surface area contributed by atoms with Gasteiger partial charge in [0.2, 0.25) is 5.91 Å². The van der Waals surface area contributed by atoms with E-state index >= 15 is 0 Å². The Labute approximate surface area is 104 Å². The van der Waals surface area contributed by atoms with Gasteiger partial charge in [-0.2, -0.15) is 0 Å². The van der Waals surface area contributed by atoms with Gasteiger partial charge < -0.3 is 21.9 Å². The Hall–Kier alpha value is -2.31. The third-order valence-electron chi connectivity index (χ3n) is 2.25. The fraction of sp³-hybridized carbons (Fsp3) is 0.364. The molecular formula is C11H16N4O3. The third kappa shape index (κ3) is 3.62. The molecule has 1 amide bonds. The summed E-state index contributed by atoms with van der Waals surface area (Å²) in [6.07, 6.45) is 1.35. The molecule has 98 valence electrons. The molecule has 0 spiro atoms. The summed E-state index contributed by atoms with van der Waals surface area (Å²) in [6.45, 7) is 3.52. The lowest BCUT2D eigenvalue weighted by Crippen LogP contribution is -2.36. The van der Waals surface area contributed by atoms with E-state index in [1.807, 2.05) is 0 Å². The van der Waals surface area contributed by atoms with Crippen LogP contribution >= 0.6 is 0 Å². The average molecular weight is 252 g/mol. The molecule has 1 aromatic heterocycles. The SMILES string of the molecule is CC(C)(CC(N)=O)Nc1cc(C(=O)O)c(N)cn1. The van der Waals surface area contributed by atoms with Crippen molar-refractivity contribution < 1.29 is 14.7 Å². The molecule has 6 N–H and O–H groups in total. The third-order valence-corrected chi connectivity index (χ3v) is 2.25. The van der Waals surface area contributed by atoms with Crippen molar-refractivity contribution in [1.29, 1.82) is 0 Å². The van der Waals surface area contributed by atoms with Crippen LogP contribution in [0.25, 0.3) is 0 Å². The van der Waals surface area contributed by atoms with Gasteiger partial charge in [-0.05, 0) is 19.9 Å². The smallest absolute Gasteiger partial charge is 0.337 e. The number of carboxylic acid groups (broad SMARTS) is 1. The van der Waals surface area contributed by atoms with E-state index in [1.54, 1.807) is 13.8 Å². The summed E-state index contributed by atoms with van der Waals surface area (Å²) in [6, 6.07) is 1.32. The number of hydrogen-bond donors (Lipinski definition) is 4. The molecule has 0 fully saturated rings. The van der Waals surface area contributed by atoms with Gasteiger partial charge >= 0.3 is 5.97 Å². The quantitative estimate of drug-likeness (QED) is 0.600. The van der Waals surface area contributed by atoms with E-state index in [-0.39, 0.29) is 17.7 Å². The second kappa shape index (κ2) is 4.91. The number of aromatic nitrogens is 1. The van der Waals surface area contributed by atoms with E-state index in [2.05, 4.69) is 10.3 Å². The second-order valence-corrected chi connectivity index (χ2v) is 4.61. The fourth-order valence-electron chi connectivity index (χ4n) is 1.55. The number of primary amides is 1. The summed E-state index contributed by atoms with van der Waals surface area (Å²) in [5, 5.41) is 11.9. The number of amides is 1. The summed E-state index contributed by atoms with van der Waals surface area (Å²) in [5.41, 5.74) is 10.0. The molecule has 0 bridgehead atoms. The van der Waals surface area contributed by atoms with Crippen molar-refractivity contribution >= 4 is 23.4 Å². The number of nitrogens with one attached hydrogen (secondary N) is 1. The molecule has 18 heavy (non-hydrogen) atoms. The maximum atomic E-state index is 10.9. The van der Waals surface area contributed by atoms with Crippen molar-refractivity contribution in [3.8, 4) is 0 Å². The zero-order valence-corrected chi connectivity index (χ0v) is 10.2. The Morgan fingerprint density at radius 1 is 1.50 bits per heavy atom. The van der Waals surface area contributed by atoms with E-state index in [4.69, 9.17) is 16.6 Å². The first kappa shape index (κ1) is 13.8. The summed E-state index contributed by atoms with van der Waals surface area (Å²) < 4.78 is 0. The van der Waals surface area contributed by atoms with Crippen molar-refractivity contribution in [2.75, 3.05) is 11.1 Å². The van der Waals surface area contributed by atoms with Gasteiger partial charge in [0.25, 0.3) is 0 Å². The minimum absolute atomic E-state index is 0.0395. The van der Waals surface area contributed by atoms with Crippen LogP contribution < -0.4 is 16.8 Å². The zero-order valence-electron chi connectivity index (χ0n) is 10.2. The molecular weight excluding hydrogens is 236 g/mol. The maximum absolute atomic E-state index is 10.9. The molecule has 0 atom stereocenters.